The zero-order valence-corrected chi connectivity index (χ0v) is 15.1. The first-order valence-electron chi connectivity index (χ1n) is 5.75. The summed E-state index contributed by atoms with van der Waals surface area (Å²) in [6.45, 7) is 0. The van der Waals surface area contributed by atoms with Gasteiger partial charge in [0.1, 0.15) is 17.1 Å². The maximum absolute atomic E-state index is 12.1. The van der Waals surface area contributed by atoms with Crippen LogP contribution in [-0.4, -0.2) is 27.2 Å². The van der Waals surface area contributed by atoms with Crippen LogP contribution in [0, 0.1) is 0 Å². The fourth-order valence-corrected chi connectivity index (χ4v) is 2.13. The van der Waals surface area contributed by atoms with Crippen molar-refractivity contribution in [1.29, 1.82) is 0 Å². The molecule has 0 aliphatic rings. The number of nitrogens with one attached hydrogen (secondary N) is 1. The maximum Gasteiger partial charge on any atom is 1.00 e. The number of para-hydroxylation sites is 2. The van der Waals surface area contributed by atoms with Crippen molar-refractivity contribution >= 4 is 33.5 Å². The van der Waals surface area contributed by atoms with Gasteiger partial charge < -0.3 is 22.1 Å². The Morgan fingerprint density at radius 1 is 1.14 bits per heavy atom. The number of rotatable bonds is 3. The zero-order chi connectivity index (χ0) is 15.6. The van der Waals surface area contributed by atoms with Crippen molar-refractivity contribution in [1.82, 2.24) is 0 Å². The average molecular weight is 376 g/mol. The van der Waals surface area contributed by atoms with Crippen molar-refractivity contribution in [3.63, 3.8) is 0 Å². The van der Waals surface area contributed by atoms with Gasteiger partial charge >= 0.3 is 35.5 Å². The van der Waals surface area contributed by atoms with Gasteiger partial charge in [0.2, 0.25) is 0 Å². The molecule has 0 aliphatic heterocycles. The van der Waals surface area contributed by atoms with Gasteiger partial charge in [-0.05, 0) is 40.2 Å². The van der Waals surface area contributed by atoms with E-state index in [9.17, 15) is 19.8 Å². The first kappa shape index (κ1) is 18.5. The number of aromatic carboxylic acids is 1. The predicted octanol–water partition coefficient (Wildman–Crippen LogP) is -0.0727. The molecule has 0 atom stereocenters. The van der Waals surface area contributed by atoms with E-state index in [0.717, 1.165) is 6.07 Å². The molecular formula is C14H11BrNNaO5. The van der Waals surface area contributed by atoms with Crippen LogP contribution in [0.5, 0.6) is 11.5 Å². The van der Waals surface area contributed by atoms with Crippen molar-refractivity contribution in [3.05, 3.63) is 52.0 Å². The van der Waals surface area contributed by atoms with Gasteiger partial charge in [-0.25, -0.2) is 4.79 Å². The Morgan fingerprint density at radius 2 is 1.77 bits per heavy atom. The van der Waals surface area contributed by atoms with Crippen LogP contribution in [0.1, 0.15) is 22.1 Å². The van der Waals surface area contributed by atoms with E-state index < -0.39 is 23.2 Å². The third-order valence-corrected chi connectivity index (χ3v) is 3.31. The topological polar surface area (TPSA) is 107 Å². The summed E-state index contributed by atoms with van der Waals surface area (Å²) in [7, 11) is 0. The number of carbonyl (C=O) groups excluding carboxylic acids is 1. The average Bonchev–Trinajstić information content (AvgIpc) is 2.43. The Hall–Kier alpha value is -1.54. The quantitative estimate of drug-likeness (QED) is 0.443. The summed E-state index contributed by atoms with van der Waals surface area (Å²) in [5, 5.41) is 30.6. The van der Waals surface area contributed by atoms with Crippen molar-refractivity contribution in [2.45, 2.75) is 0 Å². The number of halogens is 1. The minimum absolute atomic E-state index is 0. The van der Waals surface area contributed by atoms with Crippen LogP contribution in [0.4, 0.5) is 5.69 Å². The molecule has 1 amide bonds. The monoisotopic (exact) mass is 375 g/mol. The molecule has 4 N–H and O–H groups in total. The van der Waals surface area contributed by atoms with Gasteiger partial charge in [-0.1, -0.05) is 12.1 Å². The second-order valence-corrected chi connectivity index (χ2v) is 4.98. The van der Waals surface area contributed by atoms with Crippen molar-refractivity contribution in [2.75, 3.05) is 5.32 Å². The van der Waals surface area contributed by atoms with Gasteiger partial charge in [-0.2, -0.15) is 0 Å². The molecule has 6 nitrogen and oxygen atoms in total. The van der Waals surface area contributed by atoms with Crippen LogP contribution in [-0.2, 0) is 0 Å². The van der Waals surface area contributed by atoms with Crippen LogP contribution < -0.4 is 34.9 Å². The van der Waals surface area contributed by atoms with Crippen LogP contribution in [0.25, 0.3) is 0 Å². The van der Waals surface area contributed by atoms with Gasteiger partial charge in [0.05, 0.1) is 10.2 Å². The Kier molecular flexibility index (Phi) is 6.43. The van der Waals surface area contributed by atoms with E-state index in [1.165, 1.54) is 18.2 Å². The first-order chi connectivity index (χ1) is 9.90. The second kappa shape index (κ2) is 7.64. The maximum atomic E-state index is 12.1. The van der Waals surface area contributed by atoms with Gasteiger partial charge in [-0.15, -0.1) is 0 Å². The number of amides is 1. The number of phenolic OH excluding ortho intramolecular Hbond substituents is 1. The fourth-order valence-electron chi connectivity index (χ4n) is 1.67. The number of phenols is 2. The number of carboxylic acid groups (broad SMARTS) is 1. The minimum Gasteiger partial charge on any atom is -1.00 e. The van der Waals surface area contributed by atoms with Crippen LogP contribution in [0.3, 0.4) is 0 Å². The smallest absolute Gasteiger partial charge is 1.00 e. The van der Waals surface area contributed by atoms with E-state index in [0.29, 0.717) is 0 Å². The number of carboxylic acids is 1. The van der Waals surface area contributed by atoms with Crippen LogP contribution in [0.15, 0.2) is 40.9 Å². The summed E-state index contributed by atoms with van der Waals surface area (Å²) < 4.78 is 0.0878. The summed E-state index contributed by atoms with van der Waals surface area (Å²) in [6, 6.07) is 8.48. The molecule has 0 heterocycles. The molecule has 0 unspecified atom stereocenters. The number of aromatic hydroxyl groups is 2. The number of hydrogen-bond donors (Lipinski definition) is 4. The summed E-state index contributed by atoms with van der Waals surface area (Å²) in [5.41, 5.74) is -0.171. The molecule has 0 saturated carbocycles. The molecule has 2 aromatic rings. The molecule has 0 saturated heterocycles. The van der Waals surface area contributed by atoms with E-state index in [1.54, 1.807) is 12.1 Å². The van der Waals surface area contributed by atoms with Crippen molar-refractivity contribution in [3.8, 4) is 11.5 Å². The number of benzene rings is 2. The van der Waals surface area contributed by atoms with Crippen LogP contribution in [0.2, 0.25) is 0 Å². The van der Waals surface area contributed by atoms with Gasteiger partial charge in [0.15, 0.2) is 0 Å². The zero-order valence-electron chi connectivity index (χ0n) is 12.5. The number of hydrogen-bond acceptors (Lipinski definition) is 4. The summed E-state index contributed by atoms with van der Waals surface area (Å²) in [4.78, 5) is 23.1. The van der Waals surface area contributed by atoms with Crippen molar-refractivity contribution in [2.24, 2.45) is 0 Å². The largest absolute Gasteiger partial charge is 1.00 e. The molecule has 0 fully saturated rings. The molecule has 0 spiro atoms. The molecule has 8 heteroatoms. The molecule has 110 valence electrons. The van der Waals surface area contributed by atoms with Gasteiger partial charge in [-0.3, -0.25) is 4.79 Å². The van der Waals surface area contributed by atoms with Gasteiger partial charge in [0, 0.05) is 5.56 Å². The Labute approximate surface area is 157 Å². The number of anilines is 1. The molecule has 2 rings (SSSR count). The third-order valence-electron chi connectivity index (χ3n) is 2.71. The molecule has 22 heavy (non-hydrogen) atoms. The number of carbonyl (C=O) groups is 2. The van der Waals surface area contributed by atoms with E-state index in [2.05, 4.69) is 21.2 Å². The van der Waals surface area contributed by atoms with Gasteiger partial charge in [0.25, 0.3) is 5.91 Å². The Bertz CT molecular complexity index is 741. The van der Waals surface area contributed by atoms with E-state index >= 15 is 0 Å². The molecule has 0 aliphatic carbocycles. The first-order valence-corrected chi connectivity index (χ1v) is 6.54. The molecule has 0 bridgehead atoms. The normalized spacial score (nSPS) is 9.68. The molecule has 2 aromatic carbocycles. The van der Waals surface area contributed by atoms with E-state index in [1.807, 2.05) is 0 Å². The van der Waals surface area contributed by atoms with E-state index in [-0.39, 0.29) is 52.5 Å². The third kappa shape index (κ3) is 4.01. The second-order valence-electron chi connectivity index (χ2n) is 4.13. The summed E-state index contributed by atoms with van der Waals surface area (Å²) >= 11 is 2.99. The Morgan fingerprint density at radius 3 is 2.36 bits per heavy atom. The predicted molar refractivity (Wildman–Crippen MR) is 79.9 cm³/mol. The summed E-state index contributed by atoms with van der Waals surface area (Å²) in [6.07, 6.45) is 0. The standard InChI is InChI=1S/C14H10BrNO5.Na.H/c15-9-6-7(5-8(12(9)18)14(20)21)13(19)16-10-3-1-2-4-11(10)17;;/h1-6,17-18H,(H,16,19)(H,20,21);;/q;+1;-1. The minimum atomic E-state index is -1.36. The SMILES string of the molecule is O=C(Nc1ccccc1O)c1cc(Br)c(O)c(C(=O)O)c1.[H-].[Na+]. The van der Waals surface area contributed by atoms with E-state index in [4.69, 9.17) is 5.11 Å². The van der Waals surface area contributed by atoms with Crippen LogP contribution >= 0.6 is 15.9 Å². The summed E-state index contributed by atoms with van der Waals surface area (Å²) in [5.74, 6) is -2.53. The Balaban J connectivity index is 0.00000242. The van der Waals surface area contributed by atoms with Crippen molar-refractivity contribution < 1.29 is 55.9 Å². The fraction of sp³-hybridized carbons (Fsp3) is 0. The molecular weight excluding hydrogens is 365 g/mol. The molecule has 0 radical (unpaired) electrons. The molecule has 0 aromatic heterocycles.